The molecule has 1 aromatic heterocycles. The molecule has 2 N–H and O–H groups in total. The molecule has 1 saturated heterocycles. The lowest BCUT2D eigenvalue weighted by Gasteiger charge is -2.31. The molecule has 6 heteroatoms. The summed E-state index contributed by atoms with van der Waals surface area (Å²) in [6.07, 6.45) is 3.46. The van der Waals surface area contributed by atoms with Crippen molar-refractivity contribution in [1.82, 2.24) is 15.3 Å². The molecule has 5 nitrogen and oxygen atoms in total. The average Bonchev–Trinajstić information content (AvgIpc) is 2.49. The van der Waals surface area contributed by atoms with E-state index in [1.54, 1.807) is 18.5 Å². The fourth-order valence-electron chi connectivity index (χ4n) is 2.41. The van der Waals surface area contributed by atoms with E-state index in [0.29, 0.717) is 5.92 Å². The first kappa shape index (κ1) is 16.0. The number of aryl methyl sites for hydroxylation is 1. The van der Waals surface area contributed by atoms with E-state index in [2.05, 4.69) is 20.6 Å². The second-order valence-corrected chi connectivity index (χ2v) is 6.85. The van der Waals surface area contributed by atoms with Crippen molar-refractivity contribution in [2.24, 2.45) is 11.8 Å². The Morgan fingerprint density at radius 2 is 2.09 bits per heavy atom. The topological polar surface area (TPSA) is 66.9 Å². The van der Waals surface area contributed by atoms with Gasteiger partial charge in [-0.3, -0.25) is 4.79 Å². The Balaban J connectivity index is 1.66. The Kier molecular flexibility index (Phi) is 4.93. The summed E-state index contributed by atoms with van der Waals surface area (Å²) < 4.78 is 0. The highest BCUT2D eigenvalue weighted by molar-refractivity contribution is 7.99. The predicted octanol–water partition coefficient (Wildman–Crippen LogP) is 2.73. The van der Waals surface area contributed by atoms with Gasteiger partial charge in [-0.25, -0.2) is 9.97 Å². The molecule has 0 radical (unpaired) electrons. The zero-order valence-electron chi connectivity index (χ0n) is 13.2. The largest absolute Gasteiger partial charge is 0.326 e. The van der Waals surface area contributed by atoms with Crippen molar-refractivity contribution in [2.45, 2.75) is 23.9 Å². The van der Waals surface area contributed by atoms with Gasteiger partial charge in [0.15, 0.2) is 5.16 Å². The number of carbonyl (C=O) groups is 1. The number of nitrogens with one attached hydrogen (secondary N) is 2. The lowest BCUT2D eigenvalue weighted by Crippen LogP contribution is -2.48. The Morgan fingerprint density at radius 1 is 1.35 bits per heavy atom. The second kappa shape index (κ2) is 7.10. The first-order chi connectivity index (χ1) is 11.1. The number of aromatic nitrogens is 2. The second-order valence-electron chi connectivity index (χ2n) is 5.81. The van der Waals surface area contributed by atoms with E-state index in [1.807, 2.05) is 32.0 Å². The molecule has 1 unspecified atom stereocenters. The molecule has 0 aliphatic carbocycles. The van der Waals surface area contributed by atoms with Gasteiger partial charge >= 0.3 is 0 Å². The summed E-state index contributed by atoms with van der Waals surface area (Å²) in [7, 11) is 0. The van der Waals surface area contributed by atoms with E-state index < -0.39 is 0 Å². The first-order valence-electron chi connectivity index (χ1n) is 7.70. The molecule has 1 fully saturated rings. The monoisotopic (exact) mass is 328 g/mol. The van der Waals surface area contributed by atoms with Gasteiger partial charge in [-0.05, 0) is 67.5 Å². The number of carbonyl (C=O) groups excluding carboxylic acids is 1. The third kappa shape index (κ3) is 3.89. The van der Waals surface area contributed by atoms with Crippen LogP contribution in [0.3, 0.4) is 0 Å². The van der Waals surface area contributed by atoms with Crippen LogP contribution in [0.1, 0.15) is 12.5 Å². The molecule has 1 aliphatic heterocycles. The van der Waals surface area contributed by atoms with Crippen LogP contribution in [0.5, 0.6) is 0 Å². The Labute approximate surface area is 140 Å². The molecule has 0 bridgehead atoms. The van der Waals surface area contributed by atoms with Crippen LogP contribution in [0, 0.1) is 18.8 Å². The molecule has 2 heterocycles. The Bertz CT molecular complexity index is 688. The maximum absolute atomic E-state index is 12.3. The maximum atomic E-state index is 12.3. The average molecular weight is 328 g/mol. The van der Waals surface area contributed by atoms with Crippen LogP contribution in [0.4, 0.5) is 5.69 Å². The van der Waals surface area contributed by atoms with Crippen LogP contribution in [0.2, 0.25) is 0 Å². The number of anilines is 1. The first-order valence-corrected chi connectivity index (χ1v) is 8.52. The number of benzene rings is 1. The predicted molar refractivity (Wildman–Crippen MR) is 91.5 cm³/mol. The SMILES string of the molecule is Cc1cc(Sc2ncccn2)ccc1NC(=O)C(C)C1CNC1. The van der Waals surface area contributed by atoms with Crippen LogP contribution >= 0.6 is 11.8 Å². The Morgan fingerprint density at radius 3 is 2.70 bits per heavy atom. The molecule has 23 heavy (non-hydrogen) atoms. The van der Waals surface area contributed by atoms with E-state index >= 15 is 0 Å². The van der Waals surface area contributed by atoms with Gasteiger partial charge in [0.05, 0.1) is 0 Å². The fraction of sp³-hybridized carbons (Fsp3) is 0.353. The minimum absolute atomic E-state index is 0.0300. The van der Waals surface area contributed by atoms with E-state index in [0.717, 1.165) is 34.4 Å². The van der Waals surface area contributed by atoms with Gasteiger partial charge in [0.25, 0.3) is 0 Å². The van der Waals surface area contributed by atoms with E-state index in [-0.39, 0.29) is 11.8 Å². The highest BCUT2D eigenvalue weighted by Crippen LogP contribution is 2.28. The zero-order valence-corrected chi connectivity index (χ0v) is 14.1. The van der Waals surface area contributed by atoms with Crippen LogP contribution in [-0.2, 0) is 4.79 Å². The summed E-state index contributed by atoms with van der Waals surface area (Å²) in [4.78, 5) is 21.8. The minimum atomic E-state index is 0.0300. The third-order valence-electron chi connectivity index (χ3n) is 4.14. The molecule has 1 atom stereocenters. The summed E-state index contributed by atoms with van der Waals surface area (Å²) in [5, 5.41) is 6.97. The summed E-state index contributed by atoms with van der Waals surface area (Å²) in [6, 6.07) is 7.78. The maximum Gasteiger partial charge on any atom is 0.227 e. The van der Waals surface area contributed by atoms with Crippen molar-refractivity contribution < 1.29 is 4.79 Å². The van der Waals surface area contributed by atoms with Gasteiger partial charge in [0, 0.05) is 28.9 Å². The molecule has 0 saturated carbocycles. The van der Waals surface area contributed by atoms with Gasteiger partial charge in [-0.1, -0.05) is 6.92 Å². The normalized spacial score (nSPS) is 15.7. The van der Waals surface area contributed by atoms with Crippen LogP contribution < -0.4 is 10.6 Å². The lowest BCUT2D eigenvalue weighted by atomic mass is 9.88. The van der Waals surface area contributed by atoms with Crippen LogP contribution in [-0.4, -0.2) is 29.0 Å². The summed E-state index contributed by atoms with van der Waals surface area (Å²) >= 11 is 1.51. The van der Waals surface area contributed by atoms with Gasteiger partial charge < -0.3 is 10.6 Å². The van der Waals surface area contributed by atoms with Crippen molar-refractivity contribution in [2.75, 3.05) is 18.4 Å². The van der Waals surface area contributed by atoms with Gasteiger partial charge in [0.1, 0.15) is 0 Å². The number of hydrogen-bond acceptors (Lipinski definition) is 5. The number of nitrogens with zero attached hydrogens (tertiary/aromatic N) is 2. The zero-order chi connectivity index (χ0) is 16.2. The molecule has 0 spiro atoms. The summed E-state index contributed by atoms with van der Waals surface area (Å²) in [6.45, 7) is 5.86. The van der Waals surface area contributed by atoms with Crippen molar-refractivity contribution in [3.8, 4) is 0 Å². The van der Waals surface area contributed by atoms with Crippen molar-refractivity contribution in [3.63, 3.8) is 0 Å². The van der Waals surface area contributed by atoms with Gasteiger partial charge in [-0.15, -0.1) is 0 Å². The van der Waals surface area contributed by atoms with Crippen molar-refractivity contribution in [1.29, 1.82) is 0 Å². The van der Waals surface area contributed by atoms with Crippen LogP contribution in [0.15, 0.2) is 46.7 Å². The molecular weight excluding hydrogens is 308 g/mol. The lowest BCUT2D eigenvalue weighted by molar-refractivity contribution is -0.121. The minimum Gasteiger partial charge on any atom is -0.326 e. The smallest absolute Gasteiger partial charge is 0.227 e. The third-order valence-corrected chi connectivity index (χ3v) is 5.02. The molecule has 1 aliphatic rings. The van der Waals surface area contributed by atoms with Crippen molar-refractivity contribution in [3.05, 3.63) is 42.2 Å². The van der Waals surface area contributed by atoms with E-state index in [9.17, 15) is 4.79 Å². The number of amides is 1. The molecule has 1 aromatic carbocycles. The highest BCUT2D eigenvalue weighted by Gasteiger charge is 2.28. The molecular formula is C17H20N4OS. The Hall–Kier alpha value is -1.92. The number of hydrogen-bond donors (Lipinski definition) is 2. The van der Waals surface area contributed by atoms with E-state index in [1.165, 1.54) is 11.8 Å². The number of rotatable bonds is 5. The molecule has 3 rings (SSSR count). The highest BCUT2D eigenvalue weighted by atomic mass is 32.2. The molecule has 120 valence electrons. The summed E-state index contributed by atoms with van der Waals surface area (Å²) in [5.74, 6) is 0.564. The van der Waals surface area contributed by atoms with E-state index in [4.69, 9.17) is 0 Å². The summed E-state index contributed by atoms with van der Waals surface area (Å²) in [5.41, 5.74) is 1.91. The van der Waals surface area contributed by atoms with Gasteiger partial charge in [-0.2, -0.15) is 0 Å². The standard InChI is InChI=1S/C17H20N4OS/c1-11-8-14(23-17-19-6-3-7-20-17)4-5-15(11)21-16(22)12(2)13-9-18-10-13/h3-8,12-13,18H,9-10H2,1-2H3,(H,21,22). The van der Waals surface area contributed by atoms with Crippen molar-refractivity contribution >= 4 is 23.4 Å². The van der Waals surface area contributed by atoms with Gasteiger partial charge in [0.2, 0.25) is 5.91 Å². The van der Waals surface area contributed by atoms with Crippen LogP contribution in [0.25, 0.3) is 0 Å². The molecule has 1 amide bonds. The molecule has 2 aromatic rings. The fourth-order valence-corrected chi connectivity index (χ4v) is 3.22. The quantitative estimate of drug-likeness (QED) is 0.826.